The molecular weight excluding hydrogens is 663 g/mol. The number of phosphoric ester groups is 1. The molecule has 0 aromatic heterocycles. The molecule has 51 heavy (non-hydrogen) atoms. The highest BCUT2D eigenvalue weighted by molar-refractivity contribution is 7.47. The lowest BCUT2D eigenvalue weighted by Gasteiger charge is -2.24. The number of aliphatic hydroxyl groups is 2. The molecule has 4 unspecified atom stereocenters. The molecule has 0 aliphatic rings. The van der Waals surface area contributed by atoms with Gasteiger partial charge >= 0.3 is 7.82 Å². The molecule has 0 rings (SSSR count). The van der Waals surface area contributed by atoms with Crippen molar-refractivity contribution in [3.05, 3.63) is 24.3 Å². The zero-order valence-corrected chi connectivity index (χ0v) is 33.9. The van der Waals surface area contributed by atoms with E-state index >= 15 is 0 Å². The molecule has 0 aromatic rings. The lowest BCUT2D eigenvalue weighted by Crippen LogP contribution is -2.46. The maximum absolute atomic E-state index is 12.7. The van der Waals surface area contributed by atoms with E-state index in [1.807, 2.05) is 6.08 Å². The number of nitrogens with one attached hydrogen (secondary N) is 1. The van der Waals surface area contributed by atoms with E-state index in [2.05, 4.69) is 31.3 Å². The number of unbranched alkanes of at least 4 members (excludes halogenated alkanes) is 23. The molecule has 0 spiro atoms. The van der Waals surface area contributed by atoms with Crippen LogP contribution in [-0.4, -0.2) is 59.0 Å². The van der Waals surface area contributed by atoms with Crippen LogP contribution in [-0.2, 0) is 18.4 Å². The van der Waals surface area contributed by atoms with Crippen molar-refractivity contribution >= 4 is 13.7 Å². The van der Waals surface area contributed by atoms with Gasteiger partial charge in [-0.2, -0.15) is 0 Å². The molecule has 0 aromatic carbocycles. The number of hydrogen-bond acceptors (Lipinski definition) is 7. The molecule has 10 heteroatoms. The van der Waals surface area contributed by atoms with E-state index in [-0.39, 0.29) is 19.6 Å². The molecule has 0 bridgehead atoms. The van der Waals surface area contributed by atoms with E-state index in [1.165, 1.54) is 116 Å². The molecular formula is C41H81N2O7P. The third-order valence-corrected chi connectivity index (χ3v) is 10.3. The summed E-state index contributed by atoms with van der Waals surface area (Å²) in [4.78, 5) is 22.6. The van der Waals surface area contributed by atoms with Crippen LogP contribution < -0.4 is 11.1 Å². The van der Waals surface area contributed by atoms with Crippen molar-refractivity contribution in [2.75, 3.05) is 19.8 Å². The van der Waals surface area contributed by atoms with Crippen LogP contribution in [0.3, 0.4) is 0 Å². The predicted octanol–water partition coefficient (Wildman–Crippen LogP) is 10.4. The third-order valence-electron chi connectivity index (χ3n) is 9.33. The molecule has 0 saturated heterocycles. The monoisotopic (exact) mass is 745 g/mol. The Kier molecular flexibility index (Phi) is 36.5. The van der Waals surface area contributed by atoms with Crippen LogP contribution >= 0.6 is 7.82 Å². The molecule has 0 fully saturated rings. The van der Waals surface area contributed by atoms with Crippen LogP contribution in [0.4, 0.5) is 0 Å². The minimum Gasteiger partial charge on any atom is -0.393 e. The molecule has 0 heterocycles. The van der Waals surface area contributed by atoms with Gasteiger partial charge < -0.3 is 26.2 Å². The Hall–Kier alpha value is -1.06. The topological polar surface area (TPSA) is 151 Å². The Balaban J connectivity index is 4.11. The zero-order valence-electron chi connectivity index (χ0n) is 33.0. The van der Waals surface area contributed by atoms with Crippen molar-refractivity contribution in [1.29, 1.82) is 0 Å². The fourth-order valence-electron chi connectivity index (χ4n) is 6.12. The van der Waals surface area contributed by atoms with Gasteiger partial charge in [0.05, 0.1) is 37.9 Å². The number of aliphatic hydroxyl groups excluding tert-OH is 2. The maximum Gasteiger partial charge on any atom is 0.472 e. The van der Waals surface area contributed by atoms with Crippen LogP contribution in [0.1, 0.15) is 194 Å². The van der Waals surface area contributed by atoms with E-state index in [0.29, 0.717) is 12.8 Å². The first-order valence-corrected chi connectivity index (χ1v) is 22.5. The first-order chi connectivity index (χ1) is 24.8. The third kappa shape index (κ3) is 35.7. The zero-order chi connectivity index (χ0) is 37.7. The van der Waals surface area contributed by atoms with E-state index in [4.69, 9.17) is 14.8 Å². The number of allylic oxidation sites excluding steroid dienone is 3. The van der Waals surface area contributed by atoms with Gasteiger partial charge in [-0.3, -0.25) is 13.8 Å². The smallest absolute Gasteiger partial charge is 0.393 e. The average molecular weight is 745 g/mol. The summed E-state index contributed by atoms with van der Waals surface area (Å²) >= 11 is 0. The summed E-state index contributed by atoms with van der Waals surface area (Å²) in [6.45, 7) is 3.87. The Morgan fingerprint density at radius 3 is 1.61 bits per heavy atom. The van der Waals surface area contributed by atoms with Crippen molar-refractivity contribution in [2.24, 2.45) is 5.73 Å². The number of carbonyl (C=O) groups is 1. The summed E-state index contributed by atoms with van der Waals surface area (Å²) in [6.07, 6.45) is 38.7. The number of carbonyl (C=O) groups excluding carboxylic acids is 1. The first-order valence-electron chi connectivity index (χ1n) is 21.0. The van der Waals surface area contributed by atoms with Crippen LogP contribution in [0, 0.1) is 0 Å². The predicted molar refractivity (Wildman–Crippen MR) is 214 cm³/mol. The summed E-state index contributed by atoms with van der Waals surface area (Å²) in [5.74, 6) is -0.457. The summed E-state index contributed by atoms with van der Waals surface area (Å²) in [5.41, 5.74) is 5.34. The quantitative estimate of drug-likeness (QED) is 0.0237. The van der Waals surface area contributed by atoms with Gasteiger partial charge in [0.15, 0.2) is 0 Å². The van der Waals surface area contributed by atoms with Crippen LogP contribution in [0.25, 0.3) is 0 Å². The SMILES string of the molecule is CCCC/C=C/CC/C=C/C(O)C(COP(=O)(O)OCCN)NC(=O)CC(O)CCCCCCCCCCCCCCCCCCCCCCC. The fraction of sp³-hybridized carbons (Fsp3) is 0.878. The molecule has 4 atom stereocenters. The lowest BCUT2D eigenvalue weighted by atomic mass is 10.0. The van der Waals surface area contributed by atoms with Gasteiger partial charge in [0.2, 0.25) is 5.91 Å². The summed E-state index contributed by atoms with van der Waals surface area (Å²) in [6, 6.07) is -0.993. The second-order valence-electron chi connectivity index (χ2n) is 14.4. The van der Waals surface area contributed by atoms with E-state index in [9.17, 15) is 24.5 Å². The largest absolute Gasteiger partial charge is 0.472 e. The Bertz CT molecular complexity index is 873. The minimum atomic E-state index is -4.39. The summed E-state index contributed by atoms with van der Waals surface area (Å²) < 4.78 is 21.9. The second-order valence-corrected chi connectivity index (χ2v) is 15.8. The van der Waals surface area contributed by atoms with Gasteiger partial charge in [0.25, 0.3) is 0 Å². The molecule has 9 nitrogen and oxygen atoms in total. The Morgan fingerprint density at radius 1 is 0.667 bits per heavy atom. The second kappa shape index (κ2) is 37.3. The van der Waals surface area contributed by atoms with E-state index in [0.717, 1.165) is 44.9 Å². The van der Waals surface area contributed by atoms with Gasteiger partial charge in [-0.1, -0.05) is 186 Å². The van der Waals surface area contributed by atoms with Crippen molar-refractivity contribution < 1.29 is 33.5 Å². The summed E-state index contributed by atoms with van der Waals surface area (Å²) in [5, 5.41) is 23.9. The molecule has 302 valence electrons. The first kappa shape index (κ1) is 49.9. The molecule has 0 radical (unpaired) electrons. The normalized spacial score (nSPS) is 15.0. The number of hydrogen-bond donors (Lipinski definition) is 5. The highest BCUT2D eigenvalue weighted by Crippen LogP contribution is 2.43. The Morgan fingerprint density at radius 2 is 1.12 bits per heavy atom. The molecule has 0 saturated carbocycles. The lowest BCUT2D eigenvalue weighted by molar-refractivity contribution is -0.124. The van der Waals surface area contributed by atoms with Crippen molar-refractivity contribution in [2.45, 2.75) is 212 Å². The van der Waals surface area contributed by atoms with Crippen molar-refractivity contribution in [3.8, 4) is 0 Å². The number of nitrogens with two attached hydrogens (primary N) is 1. The van der Waals surface area contributed by atoms with Crippen LogP contribution in [0.5, 0.6) is 0 Å². The number of phosphoric acid groups is 1. The van der Waals surface area contributed by atoms with Crippen LogP contribution in [0.2, 0.25) is 0 Å². The standard InChI is InChI=1S/C41H81N2O7P/c1-3-5-7-9-11-13-14-15-16-17-18-19-20-21-22-23-24-25-26-28-30-32-38(44)36-41(46)43-39(37-50-51(47,48)49-35-34-42)40(45)33-31-29-27-12-10-8-6-4-2/h10,12,31,33,38-40,44-45H,3-9,11,13-30,32,34-37,42H2,1-2H3,(H,43,46)(H,47,48)/b12-10+,33-31+. The van der Waals surface area contributed by atoms with Gasteiger partial charge in [-0.15, -0.1) is 0 Å². The van der Waals surface area contributed by atoms with Crippen molar-refractivity contribution in [3.63, 3.8) is 0 Å². The maximum atomic E-state index is 12.7. The van der Waals surface area contributed by atoms with Crippen molar-refractivity contribution in [1.82, 2.24) is 5.32 Å². The number of rotatable bonds is 39. The molecule has 0 aliphatic heterocycles. The van der Waals surface area contributed by atoms with Gasteiger partial charge in [0.1, 0.15) is 0 Å². The molecule has 6 N–H and O–H groups in total. The van der Waals surface area contributed by atoms with Crippen LogP contribution in [0.15, 0.2) is 24.3 Å². The fourth-order valence-corrected chi connectivity index (χ4v) is 6.88. The number of amides is 1. The van der Waals surface area contributed by atoms with Gasteiger partial charge in [-0.25, -0.2) is 4.57 Å². The minimum absolute atomic E-state index is 0.0454. The Labute approximate surface area is 313 Å². The highest BCUT2D eigenvalue weighted by atomic mass is 31.2. The average Bonchev–Trinajstić information content (AvgIpc) is 3.10. The molecule has 0 aliphatic carbocycles. The van der Waals surface area contributed by atoms with E-state index in [1.54, 1.807) is 6.08 Å². The van der Waals surface area contributed by atoms with Gasteiger partial charge in [-0.05, 0) is 25.7 Å². The van der Waals surface area contributed by atoms with E-state index < -0.39 is 38.6 Å². The highest BCUT2D eigenvalue weighted by Gasteiger charge is 2.27. The van der Waals surface area contributed by atoms with Gasteiger partial charge in [0, 0.05) is 6.54 Å². The summed E-state index contributed by atoms with van der Waals surface area (Å²) in [7, 11) is -4.39. The molecule has 1 amide bonds.